The molecule has 7 nitrogen and oxygen atoms in total. The van der Waals surface area contributed by atoms with Crippen LogP contribution in [0.1, 0.15) is 18.1 Å². The second-order valence-corrected chi connectivity index (χ2v) is 7.56. The third kappa shape index (κ3) is 2.97. The van der Waals surface area contributed by atoms with E-state index in [1.807, 2.05) is 25.1 Å². The number of esters is 1. The lowest BCUT2D eigenvalue weighted by atomic mass is 9.97. The number of para-hydroxylation sites is 1. The maximum absolute atomic E-state index is 13.5. The number of nitrogens with zero attached hydrogens (tertiary/aromatic N) is 3. The van der Waals surface area contributed by atoms with Crippen LogP contribution in [0.15, 0.2) is 47.6 Å². The Morgan fingerprint density at radius 2 is 1.77 bits per heavy atom. The lowest BCUT2D eigenvalue weighted by Crippen LogP contribution is -2.39. The minimum Gasteiger partial charge on any atom is -0.461 e. The largest absolute Gasteiger partial charge is 0.461 e. The number of fused-ring (bicyclic) bond motifs is 1. The predicted molar refractivity (Wildman–Crippen MR) is 114 cm³/mol. The van der Waals surface area contributed by atoms with Crippen LogP contribution >= 0.6 is 11.6 Å². The van der Waals surface area contributed by atoms with Gasteiger partial charge in [-0.05, 0) is 50.1 Å². The van der Waals surface area contributed by atoms with Crippen molar-refractivity contribution in [2.75, 3.05) is 16.5 Å². The van der Waals surface area contributed by atoms with E-state index in [2.05, 4.69) is 5.10 Å². The van der Waals surface area contributed by atoms with Crippen LogP contribution in [0.25, 0.3) is 0 Å². The van der Waals surface area contributed by atoms with Gasteiger partial charge in [-0.3, -0.25) is 14.6 Å². The smallest absolute Gasteiger partial charge is 0.355 e. The molecule has 1 saturated heterocycles. The molecule has 0 saturated carbocycles. The Labute approximate surface area is 178 Å². The van der Waals surface area contributed by atoms with Crippen LogP contribution < -0.4 is 9.91 Å². The van der Waals surface area contributed by atoms with E-state index in [4.69, 9.17) is 16.3 Å². The summed E-state index contributed by atoms with van der Waals surface area (Å²) in [6.45, 7) is 5.43. The fraction of sp³-hybridized carbons (Fsp3) is 0.273. The quantitative estimate of drug-likeness (QED) is 0.555. The molecule has 154 valence electrons. The molecule has 4 rings (SSSR count). The van der Waals surface area contributed by atoms with Crippen LogP contribution in [0.5, 0.6) is 0 Å². The number of rotatable bonds is 4. The number of ether oxygens (including phenoxy) is 1. The number of anilines is 2. The van der Waals surface area contributed by atoms with Gasteiger partial charge in [-0.1, -0.05) is 35.9 Å². The van der Waals surface area contributed by atoms with Crippen LogP contribution in [-0.4, -0.2) is 36.1 Å². The number of hydrogen-bond donors (Lipinski definition) is 0. The van der Waals surface area contributed by atoms with E-state index < -0.39 is 29.7 Å². The third-order valence-electron chi connectivity index (χ3n) is 5.38. The van der Waals surface area contributed by atoms with Gasteiger partial charge < -0.3 is 4.74 Å². The van der Waals surface area contributed by atoms with E-state index in [1.54, 1.807) is 38.1 Å². The number of amides is 2. The van der Waals surface area contributed by atoms with E-state index in [0.717, 1.165) is 10.5 Å². The SMILES string of the molecule is CCOC(=O)C1=NN(c2ccccc2C)[C@H]2C(=O)N(c3cccc(Cl)c3C)C(=O)[C@H]12. The molecule has 2 atom stereocenters. The van der Waals surface area contributed by atoms with Crippen molar-refractivity contribution in [3.63, 3.8) is 0 Å². The maximum atomic E-state index is 13.5. The Balaban J connectivity index is 1.84. The van der Waals surface area contributed by atoms with Crippen molar-refractivity contribution in [3.8, 4) is 0 Å². The average Bonchev–Trinajstić information content (AvgIpc) is 3.22. The molecule has 2 aromatic rings. The van der Waals surface area contributed by atoms with E-state index >= 15 is 0 Å². The van der Waals surface area contributed by atoms with Gasteiger partial charge in [0.2, 0.25) is 5.91 Å². The molecule has 2 aliphatic rings. The van der Waals surface area contributed by atoms with Gasteiger partial charge in [-0.15, -0.1) is 0 Å². The second-order valence-electron chi connectivity index (χ2n) is 7.16. The van der Waals surface area contributed by atoms with Gasteiger partial charge in [-0.2, -0.15) is 5.10 Å². The highest BCUT2D eigenvalue weighted by Gasteiger charge is 2.59. The molecule has 2 heterocycles. The van der Waals surface area contributed by atoms with E-state index in [9.17, 15) is 14.4 Å². The van der Waals surface area contributed by atoms with Crippen LogP contribution in [-0.2, 0) is 19.1 Å². The summed E-state index contributed by atoms with van der Waals surface area (Å²) in [4.78, 5) is 40.6. The molecule has 0 aromatic heterocycles. The summed E-state index contributed by atoms with van der Waals surface area (Å²) in [5.74, 6) is -2.72. The van der Waals surface area contributed by atoms with Crippen LogP contribution in [0, 0.1) is 19.8 Å². The standard InChI is InChI=1S/C22H20ClN3O4/c1-4-30-22(29)18-17-19(26(24-18)15-10-6-5-8-12(15)2)21(28)25(20(17)27)16-11-7-9-14(23)13(16)3/h5-11,17,19H,4H2,1-3H3/t17-,19-/m1/s1. The molecule has 2 aliphatic heterocycles. The van der Waals surface area contributed by atoms with Gasteiger partial charge in [0.1, 0.15) is 12.0 Å². The van der Waals surface area contributed by atoms with Crippen molar-refractivity contribution in [2.45, 2.75) is 26.8 Å². The summed E-state index contributed by atoms with van der Waals surface area (Å²) >= 11 is 6.22. The maximum Gasteiger partial charge on any atom is 0.355 e. The highest BCUT2D eigenvalue weighted by atomic mass is 35.5. The number of aryl methyl sites for hydroxylation is 1. The lowest BCUT2D eigenvalue weighted by molar-refractivity contribution is -0.136. The summed E-state index contributed by atoms with van der Waals surface area (Å²) in [6, 6.07) is 11.4. The summed E-state index contributed by atoms with van der Waals surface area (Å²) in [5, 5.41) is 6.28. The molecule has 1 fully saturated rings. The highest BCUT2D eigenvalue weighted by Crippen LogP contribution is 2.40. The Kier molecular flexibility index (Phi) is 5.07. The van der Waals surface area contributed by atoms with Crippen LogP contribution in [0.2, 0.25) is 5.02 Å². The summed E-state index contributed by atoms with van der Waals surface area (Å²) in [6.07, 6.45) is 0. The molecular formula is C22H20ClN3O4. The Hall–Kier alpha value is -3.19. The van der Waals surface area contributed by atoms with Crippen molar-refractivity contribution in [2.24, 2.45) is 11.0 Å². The molecule has 0 radical (unpaired) electrons. The molecule has 0 spiro atoms. The van der Waals surface area contributed by atoms with Crippen molar-refractivity contribution in [1.29, 1.82) is 0 Å². The molecule has 0 bridgehead atoms. The summed E-state index contributed by atoms with van der Waals surface area (Å²) < 4.78 is 5.12. The first-order chi connectivity index (χ1) is 14.4. The van der Waals surface area contributed by atoms with E-state index in [-0.39, 0.29) is 12.3 Å². The van der Waals surface area contributed by atoms with Gasteiger partial charge >= 0.3 is 5.97 Å². The molecule has 0 aliphatic carbocycles. The third-order valence-corrected chi connectivity index (χ3v) is 5.79. The summed E-state index contributed by atoms with van der Waals surface area (Å²) in [7, 11) is 0. The molecule has 2 aromatic carbocycles. The van der Waals surface area contributed by atoms with Crippen LogP contribution in [0.4, 0.5) is 11.4 Å². The minimum absolute atomic E-state index is 0.0642. The minimum atomic E-state index is -1.05. The number of hydrazone groups is 1. The number of carbonyl (C=O) groups is 3. The molecule has 8 heteroatoms. The fourth-order valence-electron chi connectivity index (χ4n) is 3.88. The van der Waals surface area contributed by atoms with Crippen molar-refractivity contribution < 1.29 is 19.1 Å². The van der Waals surface area contributed by atoms with Gasteiger partial charge in [0.15, 0.2) is 5.71 Å². The second kappa shape index (κ2) is 7.57. The normalized spacial score (nSPS) is 20.5. The number of halogens is 1. The van der Waals surface area contributed by atoms with Gasteiger partial charge in [0.05, 0.1) is 18.0 Å². The molecule has 2 amide bonds. The van der Waals surface area contributed by atoms with Gasteiger partial charge in [0.25, 0.3) is 5.91 Å². The van der Waals surface area contributed by atoms with Crippen molar-refractivity contribution >= 4 is 46.5 Å². The first-order valence-electron chi connectivity index (χ1n) is 9.60. The zero-order valence-electron chi connectivity index (χ0n) is 16.8. The number of carbonyl (C=O) groups excluding carboxylic acids is 3. The molecule has 30 heavy (non-hydrogen) atoms. The monoisotopic (exact) mass is 425 g/mol. The van der Waals surface area contributed by atoms with E-state index in [1.165, 1.54) is 5.01 Å². The topological polar surface area (TPSA) is 79.3 Å². The molecule has 0 unspecified atom stereocenters. The van der Waals surface area contributed by atoms with E-state index in [0.29, 0.717) is 22.0 Å². The Morgan fingerprint density at radius 3 is 2.47 bits per heavy atom. The zero-order chi connectivity index (χ0) is 21.6. The van der Waals surface area contributed by atoms with Gasteiger partial charge in [0, 0.05) is 5.02 Å². The Bertz CT molecular complexity index is 1100. The van der Waals surface area contributed by atoms with Crippen LogP contribution in [0.3, 0.4) is 0 Å². The summed E-state index contributed by atoms with van der Waals surface area (Å²) in [5.41, 5.74) is 2.46. The lowest BCUT2D eigenvalue weighted by Gasteiger charge is -2.24. The van der Waals surface area contributed by atoms with Crippen molar-refractivity contribution in [3.05, 3.63) is 58.6 Å². The first-order valence-corrected chi connectivity index (χ1v) is 9.98. The number of benzene rings is 2. The van der Waals surface area contributed by atoms with Gasteiger partial charge in [-0.25, -0.2) is 9.69 Å². The average molecular weight is 426 g/mol. The first kappa shape index (κ1) is 20.1. The predicted octanol–water partition coefficient (Wildman–Crippen LogP) is 3.25. The van der Waals surface area contributed by atoms with Crippen molar-refractivity contribution in [1.82, 2.24) is 0 Å². The molecule has 0 N–H and O–H groups in total. The highest BCUT2D eigenvalue weighted by molar-refractivity contribution is 6.47. The number of hydrogen-bond acceptors (Lipinski definition) is 6. The molecular weight excluding hydrogens is 406 g/mol. The number of imide groups is 1. The Morgan fingerprint density at radius 1 is 1.07 bits per heavy atom. The fourth-order valence-corrected chi connectivity index (χ4v) is 4.05. The zero-order valence-corrected chi connectivity index (χ0v) is 17.5.